The lowest BCUT2D eigenvalue weighted by Gasteiger charge is -2.20. The largest absolute Gasteiger partial charge is 0.455 e. The summed E-state index contributed by atoms with van der Waals surface area (Å²) in [4.78, 5) is 26.1. The number of hydrogen-bond donors (Lipinski definition) is 2. The van der Waals surface area contributed by atoms with Crippen LogP contribution in [0, 0.1) is 0 Å². The lowest BCUT2D eigenvalue weighted by molar-refractivity contribution is 0.00614. The maximum absolute atomic E-state index is 11.9. The molecule has 17 heavy (non-hydrogen) atoms. The summed E-state index contributed by atoms with van der Waals surface area (Å²) in [5.41, 5.74) is 0.125. The van der Waals surface area contributed by atoms with Crippen molar-refractivity contribution in [3.05, 3.63) is 21.9 Å². The SMILES string of the molecule is CC(C)(C)OC(=O)c1[nH]c(=O)n2c1CNCC2. The van der Waals surface area contributed by atoms with Gasteiger partial charge in [0.1, 0.15) is 11.3 Å². The van der Waals surface area contributed by atoms with Crippen molar-refractivity contribution in [3.63, 3.8) is 0 Å². The molecule has 2 heterocycles. The Hall–Kier alpha value is -1.56. The fourth-order valence-corrected chi connectivity index (χ4v) is 1.82. The number of ether oxygens (including phenoxy) is 1. The van der Waals surface area contributed by atoms with Crippen LogP contribution in [0.5, 0.6) is 0 Å². The van der Waals surface area contributed by atoms with Gasteiger partial charge in [0, 0.05) is 19.6 Å². The molecule has 2 N–H and O–H groups in total. The van der Waals surface area contributed by atoms with E-state index >= 15 is 0 Å². The van der Waals surface area contributed by atoms with E-state index in [1.54, 1.807) is 25.3 Å². The van der Waals surface area contributed by atoms with Crippen LogP contribution in [0.4, 0.5) is 0 Å². The number of nitrogens with one attached hydrogen (secondary N) is 2. The summed E-state index contributed by atoms with van der Waals surface area (Å²) >= 11 is 0. The number of rotatable bonds is 1. The van der Waals surface area contributed by atoms with E-state index in [-0.39, 0.29) is 11.4 Å². The Bertz CT molecular complexity index is 493. The minimum absolute atomic E-state index is 0.248. The van der Waals surface area contributed by atoms with Gasteiger partial charge < -0.3 is 10.1 Å². The number of carbonyl (C=O) groups is 1. The first-order valence-electron chi connectivity index (χ1n) is 5.64. The van der Waals surface area contributed by atoms with Crippen molar-refractivity contribution in [2.24, 2.45) is 0 Å². The summed E-state index contributed by atoms with van der Waals surface area (Å²) in [6, 6.07) is 0. The number of imidazole rings is 1. The van der Waals surface area contributed by atoms with Crippen LogP contribution in [0.25, 0.3) is 0 Å². The normalized spacial score (nSPS) is 15.5. The molecule has 1 aromatic rings. The molecule has 0 atom stereocenters. The molecular formula is C11H17N3O3. The third-order valence-corrected chi connectivity index (χ3v) is 2.50. The number of H-pyrrole nitrogens is 1. The van der Waals surface area contributed by atoms with E-state index in [0.29, 0.717) is 18.8 Å². The van der Waals surface area contributed by atoms with Gasteiger partial charge in [-0.25, -0.2) is 9.59 Å². The van der Waals surface area contributed by atoms with Crippen molar-refractivity contribution in [2.45, 2.75) is 39.5 Å². The maximum atomic E-state index is 11.9. The number of esters is 1. The monoisotopic (exact) mass is 239 g/mol. The van der Waals surface area contributed by atoms with Crippen molar-refractivity contribution in [3.8, 4) is 0 Å². The van der Waals surface area contributed by atoms with Gasteiger partial charge in [-0.3, -0.25) is 9.55 Å². The quantitative estimate of drug-likeness (QED) is 0.688. The van der Waals surface area contributed by atoms with Crippen LogP contribution in [-0.2, 0) is 17.8 Å². The zero-order valence-electron chi connectivity index (χ0n) is 10.3. The van der Waals surface area contributed by atoms with Crippen molar-refractivity contribution >= 4 is 5.97 Å². The standard InChI is InChI=1S/C11H17N3O3/c1-11(2,3)17-9(15)8-7-6-12-4-5-14(7)10(16)13-8/h12H,4-6H2,1-3H3,(H,13,16). The molecule has 2 rings (SSSR count). The highest BCUT2D eigenvalue weighted by molar-refractivity contribution is 5.88. The summed E-state index contributed by atoms with van der Waals surface area (Å²) in [6.45, 7) is 7.21. The smallest absolute Gasteiger partial charge is 0.357 e. The molecule has 1 aromatic heterocycles. The number of nitrogens with zero attached hydrogens (tertiary/aromatic N) is 1. The van der Waals surface area contributed by atoms with Gasteiger partial charge in [-0.1, -0.05) is 0 Å². The maximum Gasteiger partial charge on any atom is 0.357 e. The summed E-state index contributed by atoms with van der Waals surface area (Å²) in [5.74, 6) is -0.480. The molecule has 0 aromatic carbocycles. The van der Waals surface area contributed by atoms with Gasteiger partial charge in [-0.05, 0) is 20.8 Å². The van der Waals surface area contributed by atoms with Gasteiger partial charge in [0.2, 0.25) is 0 Å². The van der Waals surface area contributed by atoms with Crippen LogP contribution in [-0.4, -0.2) is 27.7 Å². The van der Waals surface area contributed by atoms with Crippen molar-refractivity contribution in [1.29, 1.82) is 0 Å². The number of carbonyl (C=O) groups excluding carboxylic acids is 1. The lowest BCUT2D eigenvalue weighted by Crippen LogP contribution is -2.33. The van der Waals surface area contributed by atoms with E-state index in [1.165, 1.54) is 0 Å². The molecule has 0 fully saturated rings. The second kappa shape index (κ2) is 4.03. The zero-order chi connectivity index (χ0) is 12.6. The Labute approximate surface area is 99.0 Å². The van der Waals surface area contributed by atoms with E-state index < -0.39 is 11.6 Å². The van der Waals surface area contributed by atoms with Gasteiger partial charge in [-0.15, -0.1) is 0 Å². The molecule has 0 saturated carbocycles. The molecule has 0 bridgehead atoms. The lowest BCUT2D eigenvalue weighted by atomic mass is 10.2. The van der Waals surface area contributed by atoms with Crippen LogP contribution >= 0.6 is 0 Å². The predicted molar refractivity (Wildman–Crippen MR) is 61.9 cm³/mol. The number of aromatic amines is 1. The van der Waals surface area contributed by atoms with Gasteiger partial charge in [0.15, 0.2) is 0 Å². The number of aromatic nitrogens is 2. The highest BCUT2D eigenvalue weighted by Crippen LogP contribution is 2.14. The molecule has 0 spiro atoms. The van der Waals surface area contributed by atoms with Gasteiger partial charge in [0.25, 0.3) is 0 Å². The average molecular weight is 239 g/mol. The number of fused-ring (bicyclic) bond motifs is 1. The van der Waals surface area contributed by atoms with Gasteiger partial charge >= 0.3 is 11.7 Å². The minimum Gasteiger partial charge on any atom is -0.455 e. The van der Waals surface area contributed by atoms with Crippen LogP contribution < -0.4 is 11.0 Å². The van der Waals surface area contributed by atoms with Crippen LogP contribution in [0.2, 0.25) is 0 Å². The predicted octanol–water partition coefficient (Wildman–Crippen LogP) is 0.235. The van der Waals surface area contributed by atoms with E-state index in [9.17, 15) is 9.59 Å². The van der Waals surface area contributed by atoms with Crippen molar-refractivity contribution in [1.82, 2.24) is 14.9 Å². The van der Waals surface area contributed by atoms with E-state index in [0.717, 1.165) is 6.54 Å². The molecule has 0 radical (unpaired) electrons. The molecule has 94 valence electrons. The number of hydrogen-bond acceptors (Lipinski definition) is 4. The molecular weight excluding hydrogens is 222 g/mol. The Morgan fingerprint density at radius 1 is 1.41 bits per heavy atom. The molecule has 1 aliphatic heterocycles. The van der Waals surface area contributed by atoms with Gasteiger partial charge in [-0.2, -0.15) is 0 Å². The fourth-order valence-electron chi connectivity index (χ4n) is 1.82. The average Bonchev–Trinajstić information content (AvgIpc) is 2.55. The summed E-state index contributed by atoms with van der Waals surface area (Å²) in [5, 5.41) is 3.12. The van der Waals surface area contributed by atoms with Crippen molar-refractivity contribution in [2.75, 3.05) is 6.54 Å². The molecule has 0 saturated heterocycles. The fraction of sp³-hybridized carbons (Fsp3) is 0.636. The first kappa shape index (κ1) is 11.9. The Morgan fingerprint density at radius 3 is 2.76 bits per heavy atom. The van der Waals surface area contributed by atoms with Crippen LogP contribution in [0.15, 0.2) is 4.79 Å². The second-order valence-corrected chi connectivity index (χ2v) is 5.08. The van der Waals surface area contributed by atoms with Crippen LogP contribution in [0.3, 0.4) is 0 Å². The first-order chi connectivity index (χ1) is 7.88. The van der Waals surface area contributed by atoms with Gasteiger partial charge in [0.05, 0.1) is 5.69 Å². The molecule has 6 nitrogen and oxygen atoms in total. The molecule has 6 heteroatoms. The molecule has 1 aliphatic rings. The molecule has 0 aliphatic carbocycles. The van der Waals surface area contributed by atoms with Crippen LogP contribution in [0.1, 0.15) is 37.0 Å². The van der Waals surface area contributed by atoms with Crippen molar-refractivity contribution < 1.29 is 9.53 Å². The van der Waals surface area contributed by atoms with E-state index in [1.807, 2.05) is 0 Å². The Balaban J connectivity index is 2.33. The Kier molecular flexibility index (Phi) is 2.82. The van der Waals surface area contributed by atoms with E-state index in [2.05, 4.69) is 10.3 Å². The molecule has 0 amide bonds. The topological polar surface area (TPSA) is 76.1 Å². The molecule has 0 unspecified atom stereocenters. The van der Waals surface area contributed by atoms with E-state index in [4.69, 9.17) is 4.74 Å². The highest BCUT2D eigenvalue weighted by atomic mass is 16.6. The minimum atomic E-state index is -0.565. The summed E-state index contributed by atoms with van der Waals surface area (Å²) in [6.07, 6.45) is 0. The third-order valence-electron chi connectivity index (χ3n) is 2.50. The zero-order valence-corrected chi connectivity index (χ0v) is 10.3. The summed E-state index contributed by atoms with van der Waals surface area (Å²) in [7, 11) is 0. The first-order valence-corrected chi connectivity index (χ1v) is 5.64. The Morgan fingerprint density at radius 2 is 2.12 bits per heavy atom. The summed E-state index contributed by atoms with van der Waals surface area (Å²) < 4.78 is 6.83. The highest BCUT2D eigenvalue weighted by Gasteiger charge is 2.26. The third kappa shape index (κ3) is 2.41. The second-order valence-electron chi connectivity index (χ2n) is 5.08.